The number of methoxy groups -OCH3 is 1. The van der Waals surface area contributed by atoms with E-state index in [1.54, 1.807) is 18.3 Å². The standard InChI is InChI=1S/C26H38O3/c1-5-25-10-11-26(15-16(25)2)19-7-6-17-14-20(27-4)22-23(29-13-12-28-22)21(17)18(19)8-9-24(25,26)3/h16,18-19,23H,5-15H2,1-4H3/t16-,18+,19-,23?,24-,25-,26?/m1/s1. The van der Waals surface area contributed by atoms with Gasteiger partial charge in [0.1, 0.15) is 18.5 Å². The van der Waals surface area contributed by atoms with Crippen LogP contribution in [0.3, 0.4) is 0 Å². The van der Waals surface area contributed by atoms with Crippen LogP contribution in [-0.4, -0.2) is 26.4 Å². The van der Waals surface area contributed by atoms with E-state index in [2.05, 4.69) is 20.8 Å². The molecule has 0 amide bonds. The summed E-state index contributed by atoms with van der Waals surface area (Å²) in [7, 11) is 1.79. The van der Waals surface area contributed by atoms with Gasteiger partial charge in [-0.3, -0.25) is 0 Å². The third-order valence-corrected chi connectivity index (χ3v) is 11.2. The van der Waals surface area contributed by atoms with Crippen LogP contribution in [0.25, 0.3) is 0 Å². The van der Waals surface area contributed by atoms with Crippen LogP contribution in [0, 0.1) is 34.0 Å². The summed E-state index contributed by atoms with van der Waals surface area (Å²) >= 11 is 0. The van der Waals surface area contributed by atoms with Gasteiger partial charge in [0, 0.05) is 6.42 Å². The fourth-order valence-electron chi connectivity index (χ4n) is 10.1. The second kappa shape index (κ2) is 6.05. The Morgan fingerprint density at radius 3 is 2.76 bits per heavy atom. The van der Waals surface area contributed by atoms with Crippen LogP contribution in [0.4, 0.5) is 0 Å². The molecule has 0 aromatic rings. The molecule has 2 unspecified atom stereocenters. The van der Waals surface area contributed by atoms with Crippen molar-refractivity contribution in [3.63, 3.8) is 0 Å². The summed E-state index contributed by atoms with van der Waals surface area (Å²) in [4.78, 5) is 0. The van der Waals surface area contributed by atoms with E-state index in [-0.39, 0.29) is 6.10 Å². The third-order valence-electron chi connectivity index (χ3n) is 11.2. The Balaban J connectivity index is 1.42. The first-order valence-electron chi connectivity index (χ1n) is 12.2. The van der Waals surface area contributed by atoms with Crippen LogP contribution in [0.2, 0.25) is 0 Å². The molecule has 5 aliphatic carbocycles. The lowest BCUT2D eigenvalue weighted by molar-refractivity contribution is -0.0867. The molecule has 2 bridgehead atoms. The second-order valence-electron chi connectivity index (χ2n) is 11.2. The Kier molecular flexibility index (Phi) is 3.92. The van der Waals surface area contributed by atoms with Gasteiger partial charge in [-0.15, -0.1) is 0 Å². The summed E-state index contributed by atoms with van der Waals surface area (Å²) in [6.45, 7) is 9.14. The van der Waals surface area contributed by atoms with Crippen LogP contribution in [0.1, 0.15) is 78.6 Å². The minimum absolute atomic E-state index is 0.0344. The molecule has 1 saturated heterocycles. The average molecular weight is 399 g/mol. The zero-order valence-electron chi connectivity index (χ0n) is 18.8. The summed E-state index contributed by atoms with van der Waals surface area (Å²) in [6.07, 6.45) is 12.1. The van der Waals surface area contributed by atoms with E-state index >= 15 is 0 Å². The molecule has 29 heavy (non-hydrogen) atoms. The Morgan fingerprint density at radius 2 is 2.00 bits per heavy atom. The van der Waals surface area contributed by atoms with Crippen molar-refractivity contribution in [2.24, 2.45) is 34.0 Å². The van der Waals surface area contributed by atoms with Crippen molar-refractivity contribution in [1.29, 1.82) is 0 Å². The molecular formula is C26H38O3. The van der Waals surface area contributed by atoms with Crippen molar-refractivity contribution in [2.75, 3.05) is 20.3 Å². The topological polar surface area (TPSA) is 27.7 Å². The Morgan fingerprint density at radius 1 is 1.14 bits per heavy atom. The molecule has 3 nitrogen and oxygen atoms in total. The molecule has 160 valence electrons. The molecule has 6 rings (SSSR count). The number of allylic oxidation sites excluding steroid dienone is 1. The summed E-state index contributed by atoms with van der Waals surface area (Å²) in [6, 6.07) is 0. The molecule has 1 aliphatic heterocycles. The maximum atomic E-state index is 6.39. The minimum Gasteiger partial charge on any atom is -0.497 e. The van der Waals surface area contributed by atoms with Gasteiger partial charge < -0.3 is 14.2 Å². The number of hydrogen-bond acceptors (Lipinski definition) is 3. The van der Waals surface area contributed by atoms with Crippen molar-refractivity contribution in [1.82, 2.24) is 0 Å². The molecule has 1 heterocycles. The van der Waals surface area contributed by atoms with Crippen molar-refractivity contribution in [3.05, 3.63) is 22.7 Å². The highest BCUT2D eigenvalue weighted by molar-refractivity contribution is 5.41. The number of hydrogen-bond donors (Lipinski definition) is 0. The summed E-state index contributed by atoms with van der Waals surface area (Å²) in [5.74, 6) is 4.44. The zero-order chi connectivity index (χ0) is 20.0. The maximum Gasteiger partial charge on any atom is 0.167 e. The van der Waals surface area contributed by atoms with Crippen molar-refractivity contribution < 1.29 is 14.2 Å². The average Bonchev–Trinajstić information content (AvgIpc) is 3.12. The van der Waals surface area contributed by atoms with Gasteiger partial charge in [0.2, 0.25) is 0 Å². The van der Waals surface area contributed by atoms with E-state index in [1.807, 2.05) is 0 Å². The SMILES string of the molecule is CC[C@@]12CCC3(C[C@H]1C)[C@@H]1CCC4=C(C5OCCOC5=C(OC)C4)[C@H]1CC[C@@]32C. The van der Waals surface area contributed by atoms with Crippen LogP contribution >= 0.6 is 0 Å². The van der Waals surface area contributed by atoms with Crippen LogP contribution in [0.5, 0.6) is 0 Å². The van der Waals surface area contributed by atoms with Gasteiger partial charge in [0.05, 0.1) is 13.7 Å². The van der Waals surface area contributed by atoms with Gasteiger partial charge in [-0.25, -0.2) is 0 Å². The number of ether oxygens (including phenoxy) is 3. The van der Waals surface area contributed by atoms with E-state index in [0.717, 1.165) is 29.8 Å². The monoisotopic (exact) mass is 398 g/mol. The van der Waals surface area contributed by atoms with Gasteiger partial charge in [-0.2, -0.15) is 0 Å². The highest BCUT2D eigenvalue weighted by Gasteiger charge is 2.75. The molecule has 4 fully saturated rings. The predicted molar refractivity (Wildman–Crippen MR) is 113 cm³/mol. The highest BCUT2D eigenvalue weighted by atomic mass is 16.6. The first-order chi connectivity index (χ1) is 14.0. The van der Waals surface area contributed by atoms with Gasteiger partial charge in [-0.05, 0) is 90.9 Å². The molecule has 3 saturated carbocycles. The minimum atomic E-state index is 0.0344. The quantitative estimate of drug-likeness (QED) is 0.534. The Labute approximate surface area is 176 Å². The van der Waals surface area contributed by atoms with E-state index in [4.69, 9.17) is 14.2 Å². The molecular weight excluding hydrogens is 360 g/mol. The first-order valence-corrected chi connectivity index (χ1v) is 12.2. The van der Waals surface area contributed by atoms with Crippen LogP contribution in [0.15, 0.2) is 22.7 Å². The molecule has 0 spiro atoms. The summed E-state index contributed by atoms with van der Waals surface area (Å²) in [5.41, 5.74) is 4.94. The molecule has 0 N–H and O–H groups in total. The van der Waals surface area contributed by atoms with Gasteiger partial charge in [0.25, 0.3) is 0 Å². The molecule has 0 aromatic heterocycles. The van der Waals surface area contributed by atoms with E-state index in [1.165, 1.54) is 51.4 Å². The molecule has 6 aliphatic rings. The normalized spacial score (nSPS) is 50.5. The van der Waals surface area contributed by atoms with E-state index < -0.39 is 0 Å². The molecule has 0 aromatic carbocycles. The number of fused-ring (bicyclic) bond motifs is 4. The van der Waals surface area contributed by atoms with Gasteiger partial charge in [-0.1, -0.05) is 26.3 Å². The fourth-order valence-corrected chi connectivity index (χ4v) is 10.1. The van der Waals surface area contributed by atoms with Crippen LogP contribution < -0.4 is 0 Å². The van der Waals surface area contributed by atoms with Crippen LogP contribution in [-0.2, 0) is 14.2 Å². The Bertz CT molecular complexity index is 796. The predicted octanol–water partition coefficient (Wildman–Crippen LogP) is 6.00. The van der Waals surface area contributed by atoms with Crippen molar-refractivity contribution in [3.8, 4) is 0 Å². The molecule has 0 radical (unpaired) electrons. The lowest BCUT2D eigenvalue weighted by Gasteiger charge is -2.59. The van der Waals surface area contributed by atoms with Gasteiger partial charge >= 0.3 is 0 Å². The zero-order valence-corrected chi connectivity index (χ0v) is 18.8. The maximum absolute atomic E-state index is 6.39. The molecule has 3 heteroatoms. The fraction of sp³-hybridized carbons (Fsp3) is 0.846. The summed E-state index contributed by atoms with van der Waals surface area (Å²) < 4.78 is 18.3. The van der Waals surface area contributed by atoms with Gasteiger partial charge in [0.15, 0.2) is 5.76 Å². The molecule has 7 atom stereocenters. The third kappa shape index (κ3) is 2.00. The lowest BCUT2D eigenvalue weighted by Crippen LogP contribution is -2.52. The summed E-state index contributed by atoms with van der Waals surface area (Å²) in [5, 5.41) is 0. The smallest absolute Gasteiger partial charge is 0.167 e. The lowest BCUT2D eigenvalue weighted by atomic mass is 9.46. The van der Waals surface area contributed by atoms with Crippen molar-refractivity contribution >= 4 is 0 Å². The van der Waals surface area contributed by atoms with Crippen molar-refractivity contribution in [2.45, 2.75) is 84.7 Å². The Hall–Kier alpha value is -0.960. The number of rotatable bonds is 2. The largest absolute Gasteiger partial charge is 0.497 e. The van der Waals surface area contributed by atoms with E-state index in [0.29, 0.717) is 35.4 Å². The first kappa shape index (κ1) is 18.8. The van der Waals surface area contributed by atoms with E-state index in [9.17, 15) is 0 Å². The highest BCUT2D eigenvalue weighted by Crippen LogP contribution is 2.82. The second-order valence-corrected chi connectivity index (χ2v) is 11.2.